The van der Waals surface area contributed by atoms with Crippen LogP contribution in [0.2, 0.25) is 18.1 Å². The van der Waals surface area contributed by atoms with Gasteiger partial charge in [-0.25, -0.2) is 4.79 Å². The Labute approximate surface area is 152 Å². The maximum Gasteiger partial charge on any atom is 0.408 e. The van der Waals surface area contributed by atoms with Gasteiger partial charge < -0.3 is 24.0 Å². The highest BCUT2D eigenvalue weighted by molar-refractivity contribution is 6.74. The second-order valence-electron chi connectivity index (χ2n) is 8.73. The minimum Gasteiger partial charge on any atom is -0.467 e. The second-order valence-corrected chi connectivity index (χ2v) is 13.5. The zero-order chi connectivity index (χ0) is 19.5. The molecule has 1 amide bonds. The summed E-state index contributed by atoms with van der Waals surface area (Å²) >= 11 is 0. The Morgan fingerprint density at radius 2 is 1.84 bits per heavy atom. The molecule has 0 saturated heterocycles. The Hall–Kier alpha value is -1.31. The molecule has 0 aliphatic carbocycles. The zero-order valence-electron chi connectivity index (χ0n) is 16.8. The van der Waals surface area contributed by atoms with E-state index in [9.17, 15) is 9.90 Å². The summed E-state index contributed by atoms with van der Waals surface area (Å²) in [5.74, 6) is 0.516. The van der Waals surface area contributed by atoms with E-state index in [4.69, 9.17) is 13.6 Å². The molecule has 1 heterocycles. The first-order chi connectivity index (χ1) is 11.3. The van der Waals surface area contributed by atoms with Crippen LogP contribution in [-0.4, -0.2) is 25.1 Å². The van der Waals surface area contributed by atoms with E-state index >= 15 is 0 Å². The smallest absolute Gasteiger partial charge is 0.408 e. The number of carbonyl (C=O) groups is 1. The molecule has 0 aromatic carbocycles. The lowest BCUT2D eigenvalue weighted by Crippen LogP contribution is -2.40. The van der Waals surface area contributed by atoms with Gasteiger partial charge in [-0.2, -0.15) is 0 Å². The highest BCUT2D eigenvalue weighted by atomic mass is 28.4. The first kappa shape index (κ1) is 21.7. The number of rotatable bonds is 6. The molecule has 0 saturated carbocycles. The molecule has 0 aliphatic rings. The van der Waals surface area contributed by atoms with Gasteiger partial charge in [0, 0.05) is 11.1 Å². The Morgan fingerprint density at radius 3 is 2.32 bits per heavy atom. The molecule has 2 N–H and O–H groups in total. The van der Waals surface area contributed by atoms with Crippen LogP contribution in [-0.2, 0) is 28.9 Å². The molecule has 0 bridgehead atoms. The predicted octanol–water partition coefficient (Wildman–Crippen LogP) is 4.32. The van der Waals surface area contributed by atoms with Crippen molar-refractivity contribution in [3.63, 3.8) is 0 Å². The minimum absolute atomic E-state index is 0.108. The third-order valence-electron chi connectivity index (χ3n) is 4.41. The number of carbonyl (C=O) groups excluding carboxylic acids is 1. The highest BCUT2D eigenvalue weighted by Crippen LogP contribution is 2.37. The molecule has 144 valence electrons. The molecule has 0 fully saturated rings. The molecule has 0 radical (unpaired) electrons. The number of alkyl carbamates (subject to hydrolysis) is 1. The summed E-state index contributed by atoms with van der Waals surface area (Å²) < 4.78 is 16.9. The number of furan rings is 1. The van der Waals surface area contributed by atoms with Crippen molar-refractivity contribution in [2.75, 3.05) is 0 Å². The molecule has 25 heavy (non-hydrogen) atoms. The molecule has 0 atom stereocenters. The van der Waals surface area contributed by atoms with E-state index in [-0.39, 0.29) is 18.2 Å². The van der Waals surface area contributed by atoms with Gasteiger partial charge in [-0.15, -0.1) is 0 Å². The monoisotopic (exact) mass is 371 g/mol. The van der Waals surface area contributed by atoms with Crippen molar-refractivity contribution in [2.45, 2.75) is 85.0 Å². The number of ether oxygens (including phenoxy) is 1. The van der Waals surface area contributed by atoms with Crippen LogP contribution in [0.5, 0.6) is 0 Å². The van der Waals surface area contributed by atoms with E-state index in [1.807, 2.05) is 0 Å². The molecular formula is C18H33NO5Si. The number of hydrogen-bond acceptors (Lipinski definition) is 5. The van der Waals surface area contributed by atoms with Crippen LogP contribution in [0.15, 0.2) is 10.7 Å². The van der Waals surface area contributed by atoms with Gasteiger partial charge in [0.15, 0.2) is 8.32 Å². The number of nitrogens with one attached hydrogen (secondary N) is 1. The van der Waals surface area contributed by atoms with Gasteiger partial charge in [0.25, 0.3) is 0 Å². The van der Waals surface area contributed by atoms with Crippen LogP contribution >= 0.6 is 0 Å². The van der Waals surface area contributed by atoms with Gasteiger partial charge in [0.2, 0.25) is 0 Å². The standard InChI is InChI=1S/C18H33NO5Si/c1-17(2,3)24-16(21)19-9-15-14(10-20)13(11-22-15)12-23-25(7,8)18(4,5)6/h11,20H,9-10,12H2,1-8H3,(H,19,21). The quantitative estimate of drug-likeness (QED) is 0.728. The van der Waals surface area contributed by atoms with Gasteiger partial charge in [-0.1, -0.05) is 20.8 Å². The third kappa shape index (κ3) is 6.49. The largest absolute Gasteiger partial charge is 0.467 e. The molecule has 1 rings (SSSR count). The summed E-state index contributed by atoms with van der Waals surface area (Å²) in [7, 11) is -1.89. The predicted molar refractivity (Wildman–Crippen MR) is 99.7 cm³/mol. The summed E-state index contributed by atoms with van der Waals surface area (Å²) in [4.78, 5) is 11.7. The van der Waals surface area contributed by atoms with Crippen LogP contribution in [0.1, 0.15) is 58.4 Å². The second kappa shape index (κ2) is 7.93. The van der Waals surface area contributed by atoms with E-state index in [1.54, 1.807) is 27.0 Å². The summed E-state index contributed by atoms with van der Waals surface area (Å²) in [5.41, 5.74) is 0.915. The van der Waals surface area contributed by atoms with Gasteiger partial charge in [-0.3, -0.25) is 0 Å². The summed E-state index contributed by atoms with van der Waals surface area (Å²) in [6.07, 6.45) is 1.07. The number of amides is 1. The average molecular weight is 372 g/mol. The fourth-order valence-electron chi connectivity index (χ4n) is 1.86. The molecule has 0 unspecified atom stereocenters. The van der Waals surface area contributed by atoms with Gasteiger partial charge in [0.05, 0.1) is 26.0 Å². The van der Waals surface area contributed by atoms with Gasteiger partial charge in [0.1, 0.15) is 11.4 Å². The summed E-state index contributed by atoms with van der Waals surface area (Å²) in [5, 5.41) is 12.4. The summed E-state index contributed by atoms with van der Waals surface area (Å²) in [6.45, 7) is 16.7. The molecule has 0 spiro atoms. The Morgan fingerprint density at radius 1 is 1.24 bits per heavy atom. The maximum absolute atomic E-state index is 11.7. The van der Waals surface area contributed by atoms with Crippen molar-refractivity contribution in [2.24, 2.45) is 0 Å². The third-order valence-corrected chi connectivity index (χ3v) is 8.89. The number of hydrogen-bond donors (Lipinski definition) is 2. The molecule has 0 aliphatic heterocycles. The molecular weight excluding hydrogens is 338 g/mol. The first-order valence-corrected chi connectivity index (χ1v) is 11.5. The lowest BCUT2D eigenvalue weighted by atomic mass is 10.1. The summed E-state index contributed by atoms with van der Waals surface area (Å²) in [6, 6.07) is 0. The molecule has 7 heteroatoms. The van der Waals surface area contributed by atoms with Crippen LogP contribution < -0.4 is 5.32 Å². The van der Waals surface area contributed by atoms with Crippen LogP contribution in [0.4, 0.5) is 4.79 Å². The number of aliphatic hydroxyl groups excluding tert-OH is 1. The minimum atomic E-state index is -1.89. The van der Waals surface area contributed by atoms with Crippen LogP contribution in [0.3, 0.4) is 0 Å². The molecule has 6 nitrogen and oxygen atoms in total. The molecule has 1 aromatic heterocycles. The Balaban J connectivity index is 2.73. The number of aliphatic hydroxyl groups is 1. The first-order valence-electron chi connectivity index (χ1n) is 8.56. The fraction of sp³-hybridized carbons (Fsp3) is 0.722. The highest BCUT2D eigenvalue weighted by Gasteiger charge is 2.37. The van der Waals surface area contributed by atoms with E-state index < -0.39 is 20.0 Å². The van der Waals surface area contributed by atoms with Gasteiger partial charge in [-0.05, 0) is 38.9 Å². The lowest BCUT2D eigenvalue weighted by molar-refractivity contribution is 0.0519. The zero-order valence-corrected chi connectivity index (χ0v) is 17.8. The van der Waals surface area contributed by atoms with Crippen LogP contribution in [0.25, 0.3) is 0 Å². The maximum atomic E-state index is 11.7. The Kier molecular flexibility index (Phi) is 6.89. The van der Waals surface area contributed by atoms with Crippen molar-refractivity contribution in [3.05, 3.63) is 23.2 Å². The van der Waals surface area contributed by atoms with E-state index in [0.717, 1.165) is 5.56 Å². The van der Waals surface area contributed by atoms with E-state index in [1.165, 1.54) is 0 Å². The lowest BCUT2D eigenvalue weighted by Gasteiger charge is -2.36. The van der Waals surface area contributed by atoms with Gasteiger partial charge >= 0.3 is 6.09 Å². The average Bonchev–Trinajstić information content (AvgIpc) is 2.82. The normalized spacial score (nSPS) is 13.0. The molecule has 1 aromatic rings. The SMILES string of the molecule is CC(C)(C)OC(=O)NCc1occ(CO[Si](C)(C)C(C)(C)C)c1CO. The van der Waals surface area contributed by atoms with Crippen molar-refractivity contribution in [1.29, 1.82) is 0 Å². The topological polar surface area (TPSA) is 80.9 Å². The van der Waals surface area contributed by atoms with Crippen molar-refractivity contribution in [3.8, 4) is 0 Å². The van der Waals surface area contributed by atoms with E-state index in [2.05, 4.69) is 39.2 Å². The Bertz CT molecular complexity index is 581. The van der Waals surface area contributed by atoms with Crippen molar-refractivity contribution < 1.29 is 23.5 Å². The van der Waals surface area contributed by atoms with Crippen LogP contribution in [0, 0.1) is 0 Å². The van der Waals surface area contributed by atoms with E-state index in [0.29, 0.717) is 17.9 Å². The van der Waals surface area contributed by atoms with Crippen molar-refractivity contribution >= 4 is 14.4 Å². The van der Waals surface area contributed by atoms with Crippen molar-refractivity contribution in [1.82, 2.24) is 5.32 Å². The fourth-order valence-corrected chi connectivity index (χ4v) is 2.81.